The standard InChI is InChI=1S/C18H24N4O2S/c1-14-19-20-17(25-14)22-8-7-18(23,15-5-3-2-4-6-15)16(13-22)21-9-11-24-12-10-21/h2-6,16,23H,7-13H2,1H3/t16-,18+/m1/s1. The predicted molar refractivity (Wildman–Crippen MR) is 98.0 cm³/mol. The molecule has 2 aromatic rings. The van der Waals surface area contributed by atoms with Gasteiger partial charge in [0.05, 0.1) is 19.3 Å². The zero-order valence-corrected chi connectivity index (χ0v) is 15.3. The average molecular weight is 360 g/mol. The first-order chi connectivity index (χ1) is 12.2. The molecule has 0 aliphatic carbocycles. The van der Waals surface area contributed by atoms with E-state index in [0.29, 0.717) is 6.42 Å². The molecule has 1 N–H and O–H groups in total. The predicted octanol–water partition coefficient (Wildman–Crippen LogP) is 1.65. The van der Waals surface area contributed by atoms with Gasteiger partial charge in [-0.1, -0.05) is 41.7 Å². The van der Waals surface area contributed by atoms with Gasteiger partial charge in [-0.3, -0.25) is 4.90 Å². The van der Waals surface area contributed by atoms with Crippen molar-refractivity contribution in [1.29, 1.82) is 0 Å². The molecular weight excluding hydrogens is 336 g/mol. The first-order valence-corrected chi connectivity index (χ1v) is 9.63. The summed E-state index contributed by atoms with van der Waals surface area (Å²) in [5, 5.41) is 22.1. The van der Waals surface area contributed by atoms with E-state index in [0.717, 1.165) is 55.1 Å². The highest BCUT2D eigenvalue weighted by atomic mass is 32.1. The molecule has 1 aromatic heterocycles. The second-order valence-electron chi connectivity index (χ2n) is 6.75. The van der Waals surface area contributed by atoms with Crippen molar-refractivity contribution >= 4 is 16.5 Å². The average Bonchev–Trinajstić information content (AvgIpc) is 3.10. The van der Waals surface area contributed by atoms with Crippen LogP contribution in [0, 0.1) is 6.92 Å². The largest absolute Gasteiger partial charge is 0.383 e. The molecule has 134 valence electrons. The van der Waals surface area contributed by atoms with Gasteiger partial charge in [-0.25, -0.2) is 0 Å². The van der Waals surface area contributed by atoms with Crippen molar-refractivity contribution in [2.75, 3.05) is 44.3 Å². The molecule has 4 rings (SSSR count). The molecule has 0 amide bonds. The van der Waals surface area contributed by atoms with Crippen LogP contribution in [0.3, 0.4) is 0 Å². The molecule has 2 atom stereocenters. The van der Waals surface area contributed by atoms with Gasteiger partial charge in [0, 0.05) is 26.2 Å². The maximum absolute atomic E-state index is 11.7. The lowest BCUT2D eigenvalue weighted by molar-refractivity contribution is -0.0910. The van der Waals surface area contributed by atoms with Gasteiger partial charge in [0.2, 0.25) is 5.13 Å². The Kier molecular flexibility index (Phi) is 4.73. The van der Waals surface area contributed by atoms with Crippen molar-refractivity contribution in [2.45, 2.75) is 25.0 Å². The van der Waals surface area contributed by atoms with Crippen LogP contribution in [0.4, 0.5) is 5.13 Å². The summed E-state index contributed by atoms with van der Waals surface area (Å²) in [6, 6.07) is 10.1. The number of aryl methyl sites for hydroxylation is 1. The molecule has 3 heterocycles. The van der Waals surface area contributed by atoms with Crippen LogP contribution in [0.5, 0.6) is 0 Å². The lowest BCUT2D eigenvalue weighted by Gasteiger charge is -2.50. The molecule has 2 aliphatic heterocycles. The number of hydrogen-bond donors (Lipinski definition) is 1. The van der Waals surface area contributed by atoms with E-state index < -0.39 is 5.60 Å². The van der Waals surface area contributed by atoms with Crippen LogP contribution < -0.4 is 4.90 Å². The molecule has 0 bridgehead atoms. The highest BCUT2D eigenvalue weighted by molar-refractivity contribution is 7.15. The number of piperidine rings is 1. The van der Waals surface area contributed by atoms with Crippen LogP contribution in [-0.2, 0) is 10.3 Å². The Bertz CT molecular complexity index is 704. The third-order valence-electron chi connectivity index (χ3n) is 5.25. The lowest BCUT2D eigenvalue weighted by Crippen LogP contribution is -2.62. The number of benzene rings is 1. The van der Waals surface area contributed by atoms with E-state index in [1.165, 1.54) is 0 Å². The SMILES string of the molecule is Cc1nnc(N2CC[C@](O)(c3ccccc3)[C@H](N3CCOCC3)C2)s1. The second kappa shape index (κ2) is 6.99. The summed E-state index contributed by atoms with van der Waals surface area (Å²) in [5.74, 6) is 0. The molecule has 25 heavy (non-hydrogen) atoms. The first-order valence-electron chi connectivity index (χ1n) is 8.81. The minimum atomic E-state index is -0.852. The molecule has 7 heteroatoms. The molecule has 2 fully saturated rings. The maximum Gasteiger partial charge on any atom is 0.208 e. The fourth-order valence-electron chi connectivity index (χ4n) is 3.88. The minimum absolute atomic E-state index is 0.0109. The van der Waals surface area contributed by atoms with Gasteiger partial charge in [-0.2, -0.15) is 0 Å². The Morgan fingerprint density at radius 2 is 1.92 bits per heavy atom. The van der Waals surface area contributed by atoms with Crippen molar-refractivity contribution < 1.29 is 9.84 Å². The number of hydrogen-bond acceptors (Lipinski definition) is 7. The molecule has 6 nitrogen and oxygen atoms in total. The Hall–Kier alpha value is -1.54. The number of rotatable bonds is 3. The van der Waals surface area contributed by atoms with Gasteiger partial charge in [0.15, 0.2) is 0 Å². The normalized spacial score (nSPS) is 28.2. The summed E-state index contributed by atoms with van der Waals surface area (Å²) in [5.41, 5.74) is 0.147. The first kappa shape index (κ1) is 16.9. The smallest absolute Gasteiger partial charge is 0.208 e. The molecule has 2 aliphatic rings. The zero-order chi connectivity index (χ0) is 17.3. The third kappa shape index (κ3) is 3.29. The van der Waals surface area contributed by atoms with E-state index >= 15 is 0 Å². The number of morpholine rings is 1. The molecule has 1 aromatic carbocycles. The van der Waals surface area contributed by atoms with Crippen molar-refractivity contribution in [2.24, 2.45) is 0 Å². The van der Waals surface area contributed by atoms with Crippen molar-refractivity contribution in [3.05, 3.63) is 40.9 Å². The van der Waals surface area contributed by atoms with Crippen LogP contribution in [0.25, 0.3) is 0 Å². The van der Waals surface area contributed by atoms with Gasteiger partial charge < -0.3 is 14.7 Å². The fraction of sp³-hybridized carbons (Fsp3) is 0.556. The number of ether oxygens (including phenoxy) is 1. The van der Waals surface area contributed by atoms with Gasteiger partial charge in [0.25, 0.3) is 0 Å². The second-order valence-corrected chi connectivity index (χ2v) is 7.91. The topological polar surface area (TPSA) is 61.7 Å². The summed E-state index contributed by atoms with van der Waals surface area (Å²) in [6.45, 7) is 6.65. The number of nitrogens with zero attached hydrogens (tertiary/aromatic N) is 4. The van der Waals surface area contributed by atoms with E-state index in [1.54, 1.807) is 11.3 Å². The van der Waals surface area contributed by atoms with Gasteiger partial charge in [0.1, 0.15) is 10.6 Å². The molecule has 0 radical (unpaired) electrons. The van der Waals surface area contributed by atoms with E-state index in [4.69, 9.17) is 4.74 Å². The third-order valence-corrected chi connectivity index (χ3v) is 6.15. The van der Waals surface area contributed by atoms with E-state index in [1.807, 2.05) is 37.3 Å². The van der Waals surface area contributed by atoms with Crippen LogP contribution in [0.2, 0.25) is 0 Å². The minimum Gasteiger partial charge on any atom is -0.383 e. The van der Waals surface area contributed by atoms with Crippen LogP contribution in [0.15, 0.2) is 30.3 Å². The van der Waals surface area contributed by atoms with E-state index in [-0.39, 0.29) is 6.04 Å². The Labute approximate surface area is 152 Å². The van der Waals surface area contributed by atoms with Crippen LogP contribution in [-0.4, -0.2) is 65.6 Å². The lowest BCUT2D eigenvalue weighted by atomic mass is 9.79. The van der Waals surface area contributed by atoms with Crippen LogP contribution in [0.1, 0.15) is 17.0 Å². The zero-order valence-electron chi connectivity index (χ0n) is 14.5. The monoisotopic (exact) mass is 360 g/mol. The molecule has 0 unspecified atom stereocenters. The summed E-state index contributed by atoms with van der Waals surface area (Å²) in [4.78, 5) is 4.64. The highest BCUT2D eigenvalue weighted by Gasteiger charge is 2.46. The summed E-state index contributed by atoms with van der Waals surface area (Å²) >= 11 is 1.62. The number of aliphatic hydroxyl groups is 1. The van der Waals surface area contributed by atoms with E-state index in [2.05, 4.69) is 20.0 Å². The summed E-state index contributed by atoms with van der Waals surface area (Å²) in [6.07, 6.45) is 0.678. The summed E-state index contributed by atoms with van der Waals surface area (Å²) in [7, 11) is 0. The van der Waals surface area contributed by atoms with Gasteiger partial charge >= 0.3 is 0 Å². The Morgan fingerprint density at radius 3 is 2.60 bits per heavy atom. The highest BCUT2D eigenvalue weighted by Crippen LogP contribution is 2.38. The molecule has 0 saturated carbocycles. The van der Waals surface area contributed by atoms with Gasteiger partial charge in [-0.15, -0.1) is 10.2 Å². The Balaban J connectivity index is 1.64. The molecule has 0 spiro atoms. The van der Waals surface area contributed by atoms with Crippen molar-refractivity contribution in [3.8, 4) is 0 Å². The van der Waals surface area contributed by atoms with Crippen LogP contribution >= 0.6 is 11.3 Å². The van der Waals surface area contributed by atoms with Gasteiger partial charge in [-0.05, 0) is 18.9 Å². The quantitative estimate of drug-likeness (QED) is 0.898. The fourth-order valence-corrected chi connectivity index (χ4v) is 4.60. The van der Waals surface area contributed by atoms with Crippen molar-refractivity contribution in [3.63, 3.8) is 0 Å². The molecular formula is C18H24N4O2S. The summed E-state index contributed by atoms with van der Waals surface area (Å²) < 4.78 is 5.52. The molecule has 2 saturated heterocycles. The van der Waals surface area contributed by atoms with E-state index in [9.17, 15) is 5.11 Å². The number of anilines is 1. The Morgan fingerprint density at radius 1 is 1.16 bits per heavy atom. The van der Waals surface area contributed by atoms with Crippen molar-refractivity contribution in [1.82, 2.24) is 15.1 Å². The number of aromatic nitrogens is 2. The maximum atomic E-state index is 11.7.